The van der Waals surface area contributed by atoms with Crippen LogP contribution >= 0.6 is 23.2 Å². The lowest BCUT2D eigenvalue weighted by atomic mass is 10.3. The van der Waals surface area contributed by atoms with Crippen LogP contribution in [0.1, 0.15) is 0 Å². The molecule has 0 saturated carbocycles. The third kappa shape index (κ3) is 4.44. The smallest absolute Gasteiger partial charge is 0.139 e. The van der Waals surface area contributed by atoms with Crippen LogP contribution in [0.15, 0.2) is 18.2 Å². The Balaban J connectivity index is 2.37. The van der Waals surface area contributed by atoms with Crippen molar-refractivity contribution in [2.24, 2.45) is 0 Å². The van der Waals surface area contributed by atoms with E-state index < -0.39 is 0 Å². The molecule has 4 heteroatoms. The maximum absolute atomic E-state index is 5.90. The summed E-state index contributed by atoms with van der Waals surface area (Å²) < 4.78 is 5.42. The topological polar surface area (TPSA) is 21.3 Å². The van der Waals surface area contributed by atoms with E-state index in [1.165, 1.54) is 0 Å². The van der Waals surface area contributed by atoms with Gasteiger partial charge in [-0.25, -0.2) is 0 Å². The Morgan fingerprint density at radius 2 is 2.20 bits per heavy atom. The Hall–Kier alpha value is -0.880. The maximum atomic E-state index is 5.90. The number of terminal acetylenes is 1. The van der Waals surface area contributed by atoms with Crippen molar-refractivity contribution in [3.63, 3.8) is 0 Å². The average molecular weight is 244 g/mol. The molecule has 0 aromatic heterocycles. The standard InChI is InChI=1S/C11H11Cl2NO/c1-2-5-14-6-7-15-11-8-9(12)3-4-10(11)13/h1,3-4,8,14H,5-7H2. The van der Waals surface area contributed by atoms with E-state index >= 15 is 0 Å². The Labute approximate surface area is 99.5 Å². The van der Waals surface area contributed by atoms with Gasteiger partial charge in [-0.3, -0.25) is 0 Å². The Morgan fingerprint density at radius 3 is 2.93 bits per heavy atom. The van der Waals surface area contributed by atoms with E-state index in [2.05, 4.69) is 11.2 Å². The molecular formula is C11H11Cl2NO. The molecule has 2 nitrogen and oxygen atoms in total. The molecule has 0 saturated heterocycles. The number of halogens is 2. The predicted molar refractivity (Wildman–Crippen MR) is 63.7 cm³/mol. The molecular weight excluding hydrogens is 233 g/mol. The zero-order valence-electron chi connectivity index (χ0n) is 8.09. The second-order valence-electron chi connectivity index (χ2n) is 2.80. The van der Waals surface area contributed by atoms with E-state index in [0.717, 1.165) is 0 Å². The summed E-state index contributed by atoms with van der Waals surface area (Å²) in [7, 11) is 0. The second-order valence-corrected chi connectivity index (χ2v) is 3.65. The predicted octanol–water partition coefficient (Wildman–Crippen LogP) is 2.60. The van der Waals surface area contributed by atoms with Gasteiger partial charge in [0.1, 0.15) is 12.4 Å². The van der Waals surface area contributed by atoms with Crippen molar-refractivity contribution in [1.29, 1.82) is 0 Å². The van der Waals surface area contributed by atoms with Gasteiger partial charge in [0.05, 0.1) is 11.6 Å². The van der Waals surface area contributed by atoms with Gasteiger partial charge >= 0.3 is 0 Å². The summed E-state index contributed by atoms with van der Waals surface area (Å²) in [5.41, 5.74) is 0. The fourth-order valence-electron chi connectivity index (χ4n) is 0.982. The number of rotatable bonds is 5. The normalized spacial score (nSPS) is 9.67. The summed E-state index contributed by atoms with van der Waals surface area (Å²) in [6.07, 6.45) is 5.07. The molecule has 0 aliphatic rings. The second kappa shape index (κ2) is 6.58. The minimum absolute atomic E-state index is 0.502. The van der Waals surface area contributed by atoms with E-state index in [1.807, 2.05) is 0 Å². The molecule has 1 rings (SSSR count). The van der Waals surface area contributed by atoms with Crippen molar-refractivity contribution in [2.75, 3.05) is 19.7 Å². The summed E-state index contributed by atoms with van der Waals surface area (Å²) in [5, 5.41) is 4.16. The quantitative estimate of drug-likeness (QED) is 0.635. The number of ether oxygens (including phenoxy) is 1. The first-order chi connectivity index (χ1) is 7.24. The van der Waals surface area contributed by atoms with E-state index in [9.17, 15) is 0 Å². The molecule has 15 heavy (non-hydrogen) atoms. The third-order valence-corrected chi connectivity index (χ3v) is 2.20. The summed E-state index contributed by atoms with van der Waals surface area (Å²) in [5.74, 6) is 3.06. The van der Waals surface area contributed by atoms with Gasteiger partial charge in [-0.2, -0.15) is 0 Å². The maximum Gasteiger partial charge on any atom is 0.139 e. The van der Waals surface area contributed by atoms with Gasteiger partial charge in [0.25, 0.3) is 0 Å². The van der Waals surface area contributed by atoms with Gasteiger partial charge < -0.3 is 10.1 Å². The summed E-state index contributed by atoms with van der Waals surface area (Å²) in [6.45, 7) is 1.71. The van der Waals surface area contributed by atoms with Crippen LogP contribution in [-0.4, -0.2) is 19.7 Å². The van der Waals surface area contributed by atoms with Gasteiger partial charge in [-0.05, 0) is 12.1 Å². The van der Waals surface area contributed by atoms with E-state index in [0.29, 0.717) is 35.5 Å². The first kappa shape index (κ1) is 12.2. The minimum atomic E-state index is 0.502. The van der Waals surface area contributed by atoms with Crippen molar-refractivity contribution in [2.45, 2.75) is 0 Å². The summed E-state index contributed by atoms with van der Waals surface area (Å²) in [4.78, 5) is 0. The van der Waals surface area contributed by atoms with Crippen LogP contribution in [0.2, 0.25) is 10.0 Å². The highest BCUT2D eigenvalue weighted by Gasteiger charge is 2.01. The third-order valence-electron chi connectivity index (χ3n) is 1.66. The number of hydrogen-bond acceptors (Lipinski definition) is 2. The molecule has 0 amide bonds. The van der Waals surface area contributed by atoms with E-state index in [1.54, 1.807) is 18.2 Å². The van der Waals surface area contributed by atoms with Crippen LogP contribution in [0, 0.1) is 12.3 Å². The molecule has 0 fully saturated rings. The Kier molecular flexibility index (Phi) is 5.34. The van der Waals surface area contributed by atoms with Crippen LogP contribution in [0.3, 0.4) is 0 Å². The molecule has 0 unspecified atom stereocenters. The van der Waals surface area contributed by atoms with Crippen LogP contribution < -0.4 is 10.1 Å². The molecule has 0 aliphatic heterocycles. The number of hydrogen-bond donors (Lipinski definition) is 1. The van der Waals surface area contributed by atoms with Crippen LogP contribution in [-0.2, 0) is 0 Å². The fourth-order valence-corrected chi connectivity index (χ4v) is 1.32. The van der Waals surface area contributed by atoms with Crippen LogP contribution in [0.4, 0.5) is 0 Å². The van der Waals surface area contributed by atoms with Gasteiger partial charge in [0, 0.05) is 17.6 Å². The van der Waals surface area contributed by atoms with E-state index in [-0.39, 0.29) is 0 Å². The molecule has 0 radical (unpaired) electrons. The van der Waals surface area contributed by atoms with Crippen molar-refractivity contribution in [1.82, 2.24) is 5.32 Å². The largest absolute Gasteiger partial charge is 0.491 e. The zero-order valence-corrected chi connectivity index (χ0v) is 9.61. The van der Waals surface area contributed by atoms with Crippen molar-refractivity contribution in [3.05, 3.63) is 28.2 Å². The molecule has 0 atom stereocenters. The van der Waals surface area contributed by atoms with Gasteiger partial charge in [0.15, 0.2) is 0 Å². The highest BCUT2D eigenvalue weighted by molar-refractivity contribution is 6.34. The minimum Gasteiger partial charge on any atom is -0.491 e. The molecule has 1 aromatic rings. The monoisotopic (exact) mass is 243 g/mol. The molecule has 1 N–H and O–H groups in total. The SMILES string of the molecule is C#CCNCCOc1cc(Cl)ccc1Cl. The van der Waals surface area contributed by atoms with Gasteiger partial charge in [-0.15, -0.1) is 6.42 Å². The van der Waals surface area contributed by atoms with E-state index in [4.69, 9.17) is 34.4 Å². The van der Waals surface area contributed by atoms with Crippen molar-refractivity contribution < 1.29 is 4.74 Å². The molecule has 0 aliphatic carbocycles. The highest BCUT2D eigenvalue weighted by atomic mass is 35.5. The zero-order chi connectivity index (χ0) is 11.1. The molecule has 0 bridgehead atoms. The van der Waals surface area contributed by atoms with Crippen LogP contribution in [0.25, 0.3) is 0 Å². The summed E-state index contributed by atoms with van der Waals surface area (Å²) >= 11 is 11.7. The van der Waals surface area contributed by atoms with Gasteiger partial charge in [0.2, 0.25) is 0 Å². The lowest BCUT2D eigenvalue weighted by Crippen LogP contribution is -2.21. The number of benzene rings is 1. The van der Waals surface area contributed by atoms with Crippen molar-refractivity contribution in [3.8, 4) is 18.1 Å². The molecule has 0 spiro atoms. The molecule has 1 aromatic carbocycles. The van der Waals surface area contributed by atoms with Gasteiger partial charge in [-0.1, -0.05) is 29.1 Å². The van der Waals surface area contributed by atoms with Crippen LogP contribution in [0.5, 0.6) is 5.75 Å². The average Bonchev–Trinajstić information content (AvgIpc) is 2.23. The Morgan fingerprint density at radius 1 is 1.40 bits per heavy atom. The highest BCUT2D eigenvalue weighted by Crippen LogP contribution is 2.27. The molecule has 0 heterocycles. The molecule has 80 valence electrons. The summed E-state index contributed by atoms with van der Waals surface area (Å²) in [6, 6.07) is 5.10. The lowest BCUT2D eigenvalue weighted by Gasteiger charge is -2.08. The first-order valence-corrected chi connectivity index (χ1v) is 5.21. The number of nitrogens with one attached hydrogen (secondary N) is 1. The Bertz CT molecular complexity index is 360. The van der Waals surface area contributed by atoms with Crippen molar-refractivity contribution >= 4 is 23.2 Å². The first-order valence-electron chi connectivity index (χ1n) is 4.46. The fraction of sp³-hybridized carbons (Fsp3) is 0.273. The lowest BCUT2D eigenvalue weighted by molar-refractivity contribution is 0.317.